The van der Waals surface area contributed by atoms with Crippen molar-refractivity contribution in [3.8, 4) is 5.75 Å². The van der Waals surface area contributed by atoms with Gasteiger partial charge in [-0.25, -0.2) is 0 Å². The van der Waals surface area contributed by atoms with E-state index in [1.165, 1.54) is 6.26 Å². The van der Waals surface area contributed by atoms with Crippen molar-refractivity contribution >= 4 is 20.5 Å². The van der Waals surface area contributed by atoms with Crippen molar-refractivity contribution in [2.45, 2.75) is 6.92 Å². The van der Waals surface area contributed by atoms with Gasteiger partial charge in [0.1, 0.15) is 0 Å². The Hall–Kier alpha value is -0.531. The van der Waals surface area contributed by atoms with Crippen LogP contribution >= 0.6 is 0 Å². The fourth-order valence-electron chi connectivity index (χ4n) is 0.506. The molecule has 0 fully saturated rings. The molecule has 0 saturated carbocycles. The van der Waals surface area contributed by atoms with E-state index in [4.69, 9.17) is 9.52 Å². The number of hydrogen-bond acceptors (Lipinski definition) is 1. The zero-order chi connectivity index (χ0) is 6.85. The Bertz CT molecular complexity index is 202. The number of rotatable bonds is 0. The van der Waals surface area contributed by atoms with E-state index in [0.29, 0.717) is 5.76 Å². The Labute approximate surface area is 61.3 Å². The van der Waals surface area contributed by atoms with Crippen molar-refractivity contribution in [3.63, 3.8) is 0 Å². The van der Waals surface area contributed by atoms with Crippen LogP contribution in [-0.2, 0) is 0 Å². The summed E-state index contributed by atoms with van der Waals surface area (Å²) in [5.74, 6) is 0.726. The third kappa shape index (κ3) is 1.23. The van der Waals surface area contributed by atoms with Crippen LogP contribution in [0.5, 0.6) is 5.75 Å². The third-order valence-corrected chi connectivity index (χ3v) is 1.72. The summed E-state index contributed by atoms with van der Waals surface area (Å²) < 4.78 is 5.59. The molecule has 2 nitrogen and oxygen atoms in total. The van der Waals surface area contributed by atoms with Crippen LogP contribution in [-0.4, -0.2) is 21.1 Å². The molecule has 0 atom stereocenters. The van der Waals surface area contributed by atoms with Crippen LogP contribution in [0.25, 0.3) is 0 Å². The van der Waals surface area contributed by atoms with Gasteiger partial charge in [-0.05, 0) is 0 Å². The molecule has 1 radical (unpaired) electrons. The van der Waals surface area contributed by atoms with E-state index in [9.17, 15) is 0 Å². The molecule has 0 amide bonds. The predicted octanol–water partition coefficient (Wildman–Crippen LogP) is 0.369. The van der Waals surface area contributed by atoms with Crippen molar-refractivity contribution in [2.24, 2.45) is 0 Å². The molecule has 0 aliphatic rings. The normalized spacial score (nSPS) is 9.44. The molecule has 0 saturated heterocycles. The molecule has 0 unspecified atom stereocenters. The van der Waals surface area contributed by atoms with Gasteiger partial charge in [-0.1, -0.05) is 0 Å². The molecular formula is C6H6O2Se+. The molecule has 0 aliphatic carbocycles. The Morgan fingerprint density at radius 2 is 2.33 bits per heavy atom. The van der Waals surface area contributed by atoms with E-state index in [2.05, 4.69) is 16.0 Å². The molecule has 3 heteroatoms. The minimum absolute atomic E-state index is 0.192. The molecule has 0 aromatic carbocycles. The van der Waals surface area contributed by atoms with E-state index in [1.807, 2.05) is 0 Å². The molecule has 1 aromatic heterocycles. The van der Waals surface area contributed by atoms with Crippen molar-refractivity contribution in [3.05, 3.63) is 18.1 Å². The molecule has 9 heavy (non-hydrogen) atoms. The van der Waals surface area contributed by atoms with E-state index < -0.39 is 0 Å². The molecule has 1 aromatic rings. The van der Waals surface area contributed by atoms with Crippen LogP contribution in [0.4, 0.5) is 0 Å². The Kier molecular flexibility index (Phi) is 1.74. The summed E-state index contributed by atoms with van der Waals surface area (Å²) in [7, 11) is 0. The fourth-order valence-corrected chi connectivity index (χ4v) is 0.924. The first kappa shape index (κ1) is 6.59. The second kappa shape index (κ2) is 2.38. The second-order valence-corrected chi connectivity index (χ2v) is 2.61. The average molecular weight is 189 g/mol. The van der Waals surface area contributed by atoms with Gasteiger partial charge >= 0.3 is 60.8 Å². The van der Waals surface area contributed by atoms with E-state index in [0.717, 1.165) is 4.46 Å². The van der Waals surface area contributed by atoms with E-state index in [1.54, 1.807) is 13.0 Å². The first-order valence-corrected chi connectivity index (χ1v) is 3.35. The Morgan fingerprint density at radius 1 is 1.67 bits per heavy atom. The third-order valence-electron chi connectivity index (χ3n) is 1.03. The molecule has 1 N–H and O–H groups in total. The van der Waals surface area contributed by atoms with Gasteiger partial charge in [-0.3, -0.25) is 0 Å². The maximum absolute atomic E-state index is 9.08. The Balaban J connectivity index is 3.25. The van der Waals surface area contributed by atoms with Crippen LogP contribution in [0.15, 0.2) is 16.7 Å². The van der Waals surface area contributed by atoms with Crippen molar-refractivity contribution in [2.75, 3.05) is 0 Å². The summed E-state index contributed by atoms with van der Waals surface area (Å²) in [4.78, 5) is 0. The SMILES string of the molecule is Cc1[o+]ccc([Se])c1O. The monoisotopic (exact) mass is 190 g/mol. The zero-order valence-corrected chi connectivity index (χ0v) is 6.63. The van der Waals surface area contributed by atoms with E-state index in [-0.39, 0.29) is 5.75 Å². The summed E-state index contributed by atoms with van der Waals surface area (Å²) in [6.07, 6.45) is 1.53. The van der Waals surface area contributed by atoms with Crippen molar-refractivity contribution in [1.29, 1.82) is 0 Å². The van der Waals surface area contributed by atoms with Crippen LogP contribution in [0, 0.1) is 6.92 Å². The summed E-state index contributed by atoms with van der Waals surface area (Å²) in [6, 6.07) is 1.67. The Morgan fingerprint density at radius 3 is 2.78 bits per heavy atom. The number of hydrogen-bond donors (Lipinski definition) is 1. The van der Waals surface area contributed by atoms with Crippen LogP contribution < -0.4 is 4.46 Å². The van der Waals surface area contributed by atoms with Gasteiger partial charge in [0.15, 0.2) is 0 Å². The molecular weight excluding hydrogens is 183 g/mol. The molecule has 0 spiro atoms. The summed E-state index contributed by atoms with van der Waals surface area (Å²) in [5, 5.41) is 9.08. The second-order valence-electron chi connectivity index (χ2n) is 1.69. The van der Waals surface area contributed by atoms with Crippen molar-refractivity contribution in [1.82, 2.24) is 0 Å². The molecule has 47 valence electrons. The molecule has 0 aliphatic heterocycles. The van der Waals surface area contributed by atoms with Gasteiger partial charge in [0, 0.05) is 0 Å². The molecule has 1 heterocycles. The van der Waals surface area contributed by atoms with Gasteiger partial charge in [0.2, 0.25) is 0 Å². The van der Waals surface area contributed by atoms with Crippen LogP contribution in [0.3, 0.4) is 0 Å². The topological polar surface area (TPSA) is 31.5 Å². The summed E-state index contributed by atoms with van der Waals surface area (Å²) in [5.41, 5.74) is 0. The quantitative estimate of drug-likeness (QED) is 0.472. The number of aromatic hydroxyl groups is 1. The van der Waals surface area contributed by atoms with Crippen LogP contribution in [0.2, 0.25) is 0 Å². The van der Waals surface area contributed by atoms with Gasteiger partial charge in [0.25, 0.3) is 0 Å². The summed E-state index contributed by atoms with van der Waals surface area (Å²) >= 11 is 2.70. The molecule has 1 rings (SSSR count). The maximum atomic E-state index is 9.08. The fraction of sp³-hybridized carbons (Fsp3) is 0.167. The molecule has 0 bridgehead atoms. The van der Waals surface area contributed by atoms with Crippen molar-refractivity contribution < 1.29 is 9.52 Å². The van der Waals surface area contributed by atoms with E-state index >= 15 is 0 Å². The minimum atomic E-state index is 0.192. The van der Waals surface area contributed by atoms with Gasteiger partial charge in [0.05, 0.1) is 0 Å². The average Bonchev–Trinajstić information content (AvgIpc) is 1.83. The first-order valence-electron chi connectivity index (χ1n) is 2.49. The van der Waals surface area contributed by atoms with Gasteiger partial charge in [-0.15, -0.1) is 0 Å². The van der Waals surface area contributed by atoms with Gasteiger partial charge in [-0.2, -0.15) is 0 Å². The first-order chi connectivity index (χ1) is 4.22. The van der Waals surface area contributed by atoms with Crippen LogP contribution in [0.1, 0.15) is 5.76 Å². The predicted molar refractivity (Wildman–Crippen MR) is 34.9 cm³/mol. The zero-order valence-electron chi connectivity index (χ0n) is 4.92. The standard InChI is InChI=1S/C6H5O2Se/c1-4-6(7)5(9)2-3-8-4/h2-3H,1H3/p+1. The van der Waals surface area contributed by atoms with Gasteiger partial charge < -0.3 is 0 Å². The number of aryl methyl sites for hydroxylation is 1. The summed E-state index contributed by atoms with van der Waals surface area (Å²) in [6.45, 7) is 1.70.